The van der Waals surface area contributed by atoms with Crippen molar-refractivity contribution in [3.05, 3.63) is 35.4 Å². The summed E-state index contributed by atoms with van der Waals surface area (Å²) in [6.07, 6.45) is -1.98. The summed E-state index contributed by atoms with van der Waals surface area (Å²) in [7, 11) is -3.05. The average Bonchev–Trinajstić information content (AvgIpc) is 2.55. The molecule has 138 valence electrons. The second-order valence-electron chi connectivity index (χ2n) is 5.60. The van der Waals surface area contributed by atoms with E-state index in [1.54, 1.807) is 6.07 Å². The van der Waals surface area contributed by atoms with Gasteiger partial charge in [-0.05, 0) is 30.9 Å². The monoisotopic (exact) mass is 364 g/mol. The summed E-state index contributed by atoms with van der Waals surface area (Å²) < 4.78 is 56.6. The third-order valence-corrected chi connectivity index (χ3v) is 6.03. The molecule has 0 spiro atoms. The van der Waals surface area contributed by atoms with Crippen LogP contribution in [0.1, 0.15) is 51.2 Å². The predicted octanol–water partition coefficient (Wildman–Crippen LogP) is 5.01. The second-order valence-corrected chi connectivity index (χ2v) is 8.19. The normalized spacial score (nSPS) is 12.6. The molecule has 0 aromatic heterocycles. The Morgan fingerprint density at radius 1 is 0.875 bits per heavy atom. The molecule has 0 saturated heterocycles. The first-order chi connectivity index (χ1) is 11.4. The highest BCUT2D eigenvalue weighted by atomic mass is 28.4. The van der Waals surface area contributed by atoms with Gasteiger partial charge in [-0.2, -0.15) is 13.2 Å². The van der Waals surface area contributed by atoms with E-state index in [2.05, 4.69) is 0 Å². The van der Waals surface area contributed by atoms with Gasteiger partial charge in [0, 0.05) is 25.9 Å². The number of alkyl halides is 3. The molecule has 3 nitrogen and oxygen atoms in total. The molecule has 1 aromatic rings. The molecule has 0 atom stereocenters. The van der Waals surface area contributed by atoms with Gasteiger partial charge in [-0.3, -0.25) is 0 Å². The smallest absolute Gasteiger partial charge is 0.373 e. The van der Waals surface area contributed by atoms with Crippen molar-refractivity contribution in [2.75, 3.05) is 19.8 Å². The lowest BCUT2D eigenvalue weighted by atomic mass is 10.1. The van der Waals surface area contributed by atoms with Gasteiger partial charge in [-0.1, -0.05) is 39.0 Å². The minimum Gasteiger partial charge on any atom is -0.373 e. The number of hydrogen-bond donors (Lipinski definition) is 0. The lowest BCUT2D eigenvalue weighted by molar-refractivity contribution is -0.137. The molecule has 0 N–H and O–H groups in total. The van der Waals surface area contributed by atoms with E-state index in [9.17, 15) is 13.2 Å². The van der Waals surface area contributed by atoms with E-state index in [1.165, 1.54) is 6.07 Å². The van der Waals surface area contributed by atoms with Gasteiger partial charge in [0.2, 0.25) is 0 Å². The second kappa shape index (κ2) is 10.2. The molecule has 0 aliphatic carbocycles. The molecular weight excluding hydrogens is 337 g/mol. The summed E-state index contributed by atoms with van der Waals surface area (Å²) in [6.45, 7) is 7.34. The van der Waals surface area contributed by atoms with Crippen LogP contribution in [-0.4, -0.2) is 28.6 Å². The van der Waals surface area contributed by atoms with Gasteiger partial charge in [-0.15, -0.1) is 0 Å². The Morgan fingerprint density at radius 3 is 1.79 bits per heavy atom. The summed E-state index contributed by atoms with van der Waals surface area (Å²) in [5, 5.41) is 0. The van der Waals surface area contributed by atoms with E-state index in [0.717, 1.165) is 31.4 Å². The summed E-state index contributed by atoms with van der Waals surface area (Å²) in [5.74, 6) is 0. The molecule has 1 rings (SSSR count). The molecule has 0 bridgehead atoms. The van der Waals surface area contributed by atoms with E-state index >= 15 is 0 Å². The molecule has 0 fully saturated rings. The largest absolute Gasteiger partial charge is 0.505 e. The number of hydrogen-bond acceptors (Lipinski definition) is 3. The highest BCUT2D eigenvalue weighted by Crippen LogP contribution is 2.30. The van der Waals surface area contributed by atoms with Crippen molar-refractivity contribution >= 4 is 8.80 Å². The standard InChI is InChI=1S/C17H27F3O3Si/c1-4-10-21-24(22-11-5-2,23-12-6-3)14-15-8-7-9-16(13-15)17(18,19)20/h7-9,13H,4-6,10-12,14H2,1-3H3. The quantitative estimate of drug-likeness (QED) is 0.517. The zero-order valence-electron chi connectivity index (χ0n) is 14.6. The third kappa shape index (κ3) is 6.92. The Morgan fingerprint density at radius 2 is 1.38 bits per heavy atom. The van der Waals surface area contributed by atoms with E-state index < -0.39 is 20.5 Å². The van der Waals surface area contributed by atoms with Crippen molar-refractivity contribution < 1.29 is 26.4 Å². The van der Waals surface area contributed by atoms with Crippen molar-refractivity contribution in [3.63, 3.8) is 0 Å². The molecule has 0 amide bonds. The van der Waals surface area contributed by atoms with Crippen LogP contribution in [0.15, 0.2) is 24.3 Å². The fourth-order valence-corrected chi connectivity index (χ4v) is 4.98. The fourth-order valence-electron chi connectivity index (χ4n) is 2.16. The molecule has 1 aromatic carbocycles. The highest BCUT2D eigenvalue weighted by Gasteiger charge is 2.42. The van der Waals surface area contributed by atoms with Crippen LogP contribution in [0.5, 0.6) is 0 Å². The molecule has 0 aliphatic rings. The van der Waals surface area contributed by atoms with Gasteiger partial charge in [-0.25, -0.2) is 0 Å². The van der Waals surface area contributed by atoms with Gasteiger partial charge in [0.05, 0.1) is 5.56 Å². The predicted molar refractivity (Wildman–Crippen MR) is 89.6 cm³/mol. The number of rotatable bonds is 11. The molecule has 0 unspecified atom stereocenters. The maximum atomic E-state index is 12.9. The number of halogens is 3. The van der Waals surface area contributed by atoms with Gasteiger partial charge < -0.3 is 13.3 Å². The van der Waals surface area contributed by atoms with Crippen molar-refractivity contribution in [2.24, 2.45) is 0 Å². The van der Waals surface area contributed by atoms with Crippen LogP contribution >= 0.6 is 0 Å². The van der Waals surface area contributed by atoms with E-state index in [-0.39, 0.29) is 6.04 Å². The highest BCUT2D eigenvalue weighted by molar-refractivity contribution is 6.60. The van der Waals surface area contributed by atoms with Gasteiger partial charge in [0.25, 0.3) is 0 Å². The molecule has 24 heavy (non-hydrogen) atoms. The Bertz CT molecular complexity index is 459. The minimum absolute atomic E-state index is 0.247. The summed E-state index contributed by atoms with van der Waals surface area (Å²) in [6, 6.07) is 5.55. The summed E-state index contributed by atoms with van der Waals surface area (Å²) in [4.78, 5) is 0. The first-order valence-electron chi connectivity index (χ1n) is 8.45. The number of benzene rings is 1. The summed E-state index contributed by atoms with van der Waals surface area (Å²) >= 11 is 0. The minimum atomic E-state index is -4.36. The first kappa shape index (κ1) is 21.2. The van der Waals surface area contributed by atoms with Gasteiger partial charge in [0.1, 0.15) is 0 Å². The SMILES string of the molecule is CCCO[Si](Cc1cccc(C(F)(F)F)c1)(OCCC)OCCC. The lowest BCUT2D eigenvalue weighted by Crippen LogP contribution is -2.49. The van der Waals surface area contributed by atoms with Gasteiger partial charge in [0.15, 0.2) is 0 Å². The van der Waals surface area contributed by atoms with Crippen molar-refractivity contribution in [1.82, 2.24) is 0 Å². The molecule has 0 heterocycles. The third-order valence-electron chi connectivity index (χ3n) is 3.25. The fraction of sp³-hybridized carbons (Fsp3) is 0.647. The maximum absolute atomic E-state index is 12.9. The Hall–Kier alpha value is -0.893. The van der Waals surface area contributed by atoms with E-state index in [0.29, 0.717) is 25.4 Å². The topological polar surface area (TPSA) is 27.7 Å². The van der Waals surface area contributed by atoms with Crippen LogP contribution in [0.2, 0.25) is 0 Å². The van der Waals surface area contributed by atoms with E-state index in [4.69, 9.17) is 13.3 Å². The maximum Gasteiger partial charge on any atom is 0.505 e. The van der Waals surface area contributed by atoms with Crippen molar-refractivity contribution in [1.29, 1.82) is 0 Å². The zero-order chi connectivity index (χ0) is 18.1. The van der Waals surface area contributed by atoms with Crippen LogP contribution in [-0.2, 0) is 25.5 Å². The van der Waals surface area contributed by atoms with Crippen molar-refractivity contribution in [2.45, 2.75) is 52.3 Å². The van der Waals surface area contributed by atoms with Crippen LogP contribution < -0.4 is 0 Å². The first-order valence-corrected chi connectivity index (χ1v) is 10.4. The molecule has 0 aliphatic heterocycles. The Kier molecular flexibility index (Phi) is 8.97. The molecule has 7 heteroatoms. The molecule has 0 saturated carbocycles. The van der Waals surface area contributed by atoms with Crippen LogP contribution in [0.25, 0.3) is 0 Å². The van der Waals surface area contributed by atoms with Crippen LogP contribution in [0.4, 0.5) is 13.2 Å². The van der Waals surface area contributed by atoms with Crippen LogP contribution in [0.3, 0.4) is 0 Å². The van der Waals surface area contributed by atoms with Gasteiger partial charge >= 0.3 is 15.0 Å². The molecular formula is C17H27F3O3Si. The Labute approximate surface area is 143 Å². The Balaban J connectivity index is 3.03. The zero-order valence-corrected chi connectivity index (χ0v) is 15.6. The van der Waals surface area contributed by atoms with Crippen LogP contribution in [0, 0.1) is 0 Å². The average molecular weight is 364 g/mol. The molecule has 0 radical (unpaired) electrons. The van der Waals surface area contributed by atoms with Crippen molar-refractivity contribution in [3.8, 4) is 0 Å². The van der Waals surface area contributed by atoms with E-state index in [1.807, 2.05) is 20.8 Å². The summed E-state index contributed by atoms with van der Waals surface area (Å²) in [5.41, 5.74) is -0.135. The lowest BCUT2D eigenvalue weighted by Gasteiger charge is -2.30.